The van der Waals surface area contributed by atoms with Crippen molar-refractivity contribution in [3.63, 3.8) is 0 Å². The number of unbranched alkanes of at least 4 members (excludes halogenated alkanes) is 1. The van der Waals surface area contributed by atoms with Crippen molar-refractivity contribution in [3.8, 4) is 0 Å². The number of nitrogens with two attached hydrogens (primary N) is 1. The molecule has 1 amide bonds. The van der Waals surface area contributed by atoms with Gasteiger partial charge in [0.1, 0.15) is 35.2 Å². The summed E-state index contributed by atoms with van der Waals surface area (Å²) in [6.45, 7) is 0.0709. The van der Waals surface area contributed by atoms with Gasteiger partial charge in [-0.3, -0.25) is 38.4 Å². The van der Waals surface area contributed by atoms with E-state index in [1.54, 1.807) is 92.0 Å². The SMILES string of the molecule is CNC(Cc1ccccc1)C(=O)OCOC(=O)C(CC(=O)[C@H](CCCCN)CC(=O)CC(=O)CC(Cc1ccccc1)C(=O)OCOC(=O)C(Cc1ccccc1)NC(=O)CC(C)=O)Cc1ccccc1. The van der Waals surface area contributed by atoms with Crippen molar-refractivity contribution in [2.75, 3.05) is 27.2 Å². The Kier molecular flexibility index (Phi) is 24.7. The summed E-state index contributed by atoms with van der Waals surface area (Å²) in [5.74, 6) is -8.74. The summed E-state index contributed by atoms with van der Waals surface area (Å²) < 4.78 is 21.3. The number of likely N-dealkylation sites (N-methyl/N-ethyl adjacent to an activating group) is 1. The zero-order chi connectivity index (χ0) is 51.4. The summed E-state index contributed by atoms with van der Waals surface area (Å²) in [7, 11) is 1.62. The molecule has 0 saturated carbocycles. The zero-order valence-electron chi connectivity index (χ0n) is 40.4. The van der Waals surface area contributed by atoms with E-state index in [4.69, 9.17) is 24.7 Å². The van der Waals surface area contributed by atoms with Crippen LogP contribution in [-0.4, -0.2) is 92.2 Å². The average Bonchev–Trinajstić information content (AvgIpc) is 3.35. The van der Waals surface area contributed by atoms with E-state index in [1.807, 2.05) is 36.4 Å². The lowest BCUT2D eigenvalue weighted by atomic mass is 9.84. The lowest BCUT2D eigenvalue weighted by molar-refractivity contribution is -0.173. The first-order chi connectivity index (χ1) is 34.2. The highest BCUT2D eigenvalue weighted by atomic mass is 16.7. The van der Waals surface area contributed by atoms with E-state index in [1.165, 1.54) is 6.92 Å². The molecule has 4 aromatic rings. The second-order valence-electron chi connectivity index (χ2n) is 17.4. The van der Waals surface area contributed by atoms with Gasteiger partial charge in [-0.2, -0.15) is 0 Å². The van der Waals surface area contributed by atoms with E-state index in [0.29, 0.717) is 36.9 Å². The van der Waals surface area contributed by atoms with E-state index in [-0.39, 0.29) is 44.3 Å². The Hall–Kier alpha value is -7.17. The van der Waals surface area contributed by atoms with Crippen LogP contribution in [0.4, 0.5) is 0 Å². The van der Waals surface area contributed by atoms with Gasteiger partial charge in [-0.25, -0.2) is 4.79 Å². The van der Waals surface area contributed by atoms with Crippen LogP contribution in [0.5, 0.6) is 0 Å². The second-order valence-corrected chi connectivity index (χ2v) is 17.4. The van der Waals surface area contributed by atoms with Crippen molar-refractivity contribution in [1.29, 1.82) is 0 Å². The molecular weight excluding hydrogens is 911 g/mol. The number of ketones is 4. The Balaban J connectivity index is 1.39. The number of hydrogen-bond acceptors (Lipinski definition) is 15. The summed E-state index contributed by atoms with van der Waals surface area (Å²) in [5, 5.41) is 5.41. The molecule has 0 fully saturated rings. The first-order valence-corrected chi connectivity index (χ1v) is 23.8. The summed E-state index contributed by atoms with van der Waals surface area (Å²) in [5.41, 5.74) is 8.80. The molecule has 71 heavy (non-hydrogen) atoms. The molecule has 0 saturated heterocycles. The van der Waals surface area contributed by atoms with Gasteiger partial charge in [0.25, 0.3) is 0 Å². The predicted octanol–water partition coefficient (Wildman–Crippen LogP) is 5.34. The predicted molar refractivity (Wildman–Crippen MR) is 262 cm³/mol. The van der Waals surface area contributed by atoms with Crippen LogP contribution >= 0.6 is 0 Å². The van der Waals surface area contributed by atoms with Gasteiger partial charge in [0, 0.05) is 31.6 Å². The van der Waals surface area contributed by atoms with Crippen LogP contribution in [0.25, 0.3) is 0 Å². The molecule has 0 radical (unpaired) electrons. The number of ether oxygens (including phenoxy) is 4. The molecule has 0 spiro atoms. The minimum atomic E-state index is -1.20. The third-order valence-electron chi connectivity index (χ3n) is 11.6. The third-order valence-corrected chi connectivity index (χ3v) is 11.6. The largest absolute Gasteiger partial charge is 0.428 e. The fourth-order valence-electron chi connectivity index (χ4n) is 7.91. The molecule has 16 nitrogen and oxygen atoms in total. The topological polar surface area (TPSA) is 241 Å². The Morgan fingerprint density at radius 3 is 1.31 bits per heavy atom. The fraction of sp³-hybridized carbons (Fsp3) is 0.400. The maximum Gasteiger partial charge on any atom is 0.331 e. The molecular formula is C55H65N3O13. The number of esters is 4. The smallest absolute Gasteiger partial charge is 0.331 e. The van der Waals surface area contributed by atoms with Gasteiger partial charge in [0.05, 0.1) is 24.7 Å². The van der Waals surface area contributed by atoms with Crippen molar-refractivity contribution in [1.82, 2.24) is 10.6 Å². The van der Waals surface area contributed by atoms with E-state index in [0.717, 1.165) is 11.1 Å². The Labute approximate surface area is 414 Å². The van der Waals surface area contributed by atoms with Crippen LogP contribution in [0, 0.1) is 17.8 Å². The van der Waals surface area contributed by atoms with Gasteiger partial charge in [0.2, 0.25) is 19.5 Å². The zero-order valence-corrected chi connectivity index (χ0v) is 40.4. The molecule has 4 rings (SSSR count). The number of nitrogens with one attached hydrogen (secondary N) is 2. The van der Waals surface area contributed by atoms with Crippen molar-refractivity contribution in [2.45, 2.75) is 96.1 Å². The minimum Gasteiger partial charge on any atom is -0.428 e. The molecule has 16 heteroatoms. The molecule has 4 aromatic carbocycles. The van der Waals surface area contributed by atoms with Gasteiger partial charge in [-0.1, -0.05) is 128 Å². The fourth-order valence-corrected chi connectivity index (χ4v) is 7.91. The lowest BCUT2D eigenvalue weighted by Crippen LogP contribution is -2.44. The van der Waals surface area contributed by atoms with E-state index in [2.05, 4.69) is 10.6 Å². The molecule has 0 bridgehead atoms. The summed E-state index contributed by atoms with van der Waals surface area (Å²) in [6.07, 6.45) is -0.161. The van der Waals surface area contributed by atoms with E-state index >= 15 is 0 Å². The Bertz CT molecular complexity index is 2350. The number of Topliss-reactive ketones (excluding diaryl/α,β-unsaturated/α-hetero) is 4. The number of benzene rings is 4. The summed E-state index contributed by atoms with van der Waals surface area (Å²) in [4.78, 5) is 119. The number of carbonyl (C=O) groups is 9. The highest BCUT2D eigenvalue weighted by molar-refractivity contribution is 6.02. The van der Waals surface area contributed by atoms with Gasteiger partial charge >= 0.3 is 23.9 Å². The van der Waals surface area contributed by atoms with Crippen LogP contribution in [-0.2, 0) is 87.8 Å². The summed E-state index contributed by atoms with van der Waals surface area (Å²) >= 11 is 0. The molecule has 5 atom stereocenters. The highest BCUT2D eigenvalue weighted by Gasteiger charge is 2.32. The van der Waals surface area contributed by atoms with Crippen LogP contribution in [0.3, 0.4) is 0 Å². The average molecular weight is 976 g/mol. The summed E-state index contributed by atoms with van der Waals surface area (Å²) in [6, 6.07) is 34.0. The molecule has 0 aliphatic rings. The first kappa shape index (κ1) is 56.4. The standard InChI is InChI=1S/C55H65N3O13/c1-38(59)27-51(63)58-49(31-42-23-13-6-14-24-42)55(67)71-37-68-52(64)44(28-39-17-7-3-8-18-39)33-47(61)35-46(60)32-43(25-15-16-26-56)50(62)34-45(29-40-19-9-4-10-20-40)53(65)69-36-70-54(66)48(57-2)30-41-21-11-5-12-22-41/h3-14,17-24,43-45,48-49,57H,15-16,25-37,56H2,1-2H3,(H,58,63)/t43-,44?,45?,48?,49?/m1/s1. The van der Waals surface area contributed by atoms with E-state index in [9.17, 15) is 43.2 Å². The number of hydrogen-bond donors (Lipinski definition) is 3. The van der Waals surface area contributed by atoms with E-state index < -0.39 is 110 Å². The van der Waals surface area contributed by atoms with Crippen molar-refractivity contribution in [2.24, 2.45) is 23.5 Å². The Morgan fingerprint density at radius 2 is 0.873 bits per heavy atom. The van der Waals surface area contributed by atoms with Crippen LogP contribution in [0.1, 0.15) is 80.5 Å². The van der Waals surface area contributed by atoms with Crippen LogP contribution in [0.15, 0.2) is 121 Å². The molecule has 378 valence electrons. The van der Waals surface area contributed by atoms with Gasteiger partial charge < -0.3 is 35.3 Å². The van der Waals surface area contributed by atoms with Crippen LogP contribution in [0.2, 0.25) is 0 Å². The van der Waals surface area contributed by atoms with Crippen LogP contribution < -0.4 is 16.4 Å². The highest BCUT2D eigenvalue weighted by Crippen LogP contribution is 2.24. The molecule has 0 aliphatic carbocycles. The van der Waals surface area contributed by atoms with Crippen molar-refractivity contribution >= 4 is 52.9 Å². The van der Waals surface area contributed by atoms with Gasteiger partial charge in [-0.15, -0.1) is 0 Å². The first-order valence-electron chi connectivity index (χ1n) is 23.8. The maximum atomic E-state index is 14.1. The van der Waals surface area contributed by atoms with Gasteiger partial charge in [-0.05, 0) is 74.9 Å². The lowest BCUT2D eigenvalue weighted by Gasteiger charge is -2.21. The number of carbonyl (C=O) groups excluding carboxylic acids is 9. The monoisotopic (exact) mass is 975 g/mol. The molecule has 0 aliphatic heterocycles. The van der Waals surface area contributed by atoms with Gasteiger partial charge in [0.15, 0.2) is 0 Å². The van der Waals surface area contributed by atoms with Crippen molar-refractivity contribution < 1.29 is 62.1 Å². The third kappa shape index (κ3) is 21.6. The minimum absolute atomic E-state index is 0.0310. The van der Waals surface area contributed by atoms with Crippen molar-refractivity contribution in [3.05, 3.63) is 144 Å². The normalized spacial score (nSPS) is 13.0. The number of rotatable bonds is 33. The molecule has 0 heterocycles. The number of amides is 1. The maximum absolute atomic E-state index is 14.1. The molecule has 4 N–H and O–H groups in total. The Morgan fingerprint density at radius 1 is 0.479 bits per heavy atom. The molecule has 0 aromatic heterocycles. The second kappa shape index (κ2) is 31.1. The molecule has 4 unspecified atom stereocenters. The quantitative estimate of drug-likeness (QED) is 0.0236.